The Kier molecular flexibility index (Phi) is 4.36. The second kappa shape index (κ2) is 6.96. The molecule has 3 aromatic rings. The lowest BCUT2D eigenvalue weighted by Crippen LogP contribution is -2.18. The molecule has 3 aromatic carbocycles. The molecule has 1 aliphatic heterocycles. The third-order valence-corrected chi connectivity index (χ3v) is 4.66. The maximum Gasteiger partial charge on any atom is 0.209 e. The van der Waals surface area contributed by atoms with Crippen LogP contribution >= 0.6 is 0 Å². The Bertz CT molecular complexity index is 948. The molecule has 0 amide bonds. The van der Waals surface area contributed by atoms with Crippen LogP contribution in [-0.4, -0.2) is 11.5 Å². The van der Waals surface area contributed by atoms with E-state index < -0.39 is 0 Å². The summed E-state index contributed by atoms with van der Waals surface area (Å²) in [5, 5.41) is 6.69. The Morgan fingerprint density at radius 3 is 2.31 bits per heavy atom. The summed E-state index contributed by atoms with van der Waals surface area (Å²) in [7, 11) is 0. The molecule has 0 aromatic heterocycles. The molecule has 1 aliphatic rings. The molecule has 0 aliphatic carbocycles. The first-order valence-electron chi connectivity index (χ1n) is 8.80. The Morgan fingerprint density at radius 2 is 1.62 bits per heavy atom. The molecule has 3 heteroatoms. The van der Waals surface area contributed by atoms with Crippen molar-refractivity contribution < 1.29 is 4.79 Å². The SMILES string of the molecule is Cc1cccc(C(=O)C2=NN(c3ccccc3)C(c3ccccc3)C2)c1. The van der Waals surface area contributed by atoms with Crippen molar-refractivity contribution in [3.63, 3.8) is 0 Å². The Hall–Kier alpha value is -3.20. The van der Waals surface area contributed by atoms with Crippen molar-refractivity contribution in [3.05, 3.63) is 102 Å². The molecule has 0 bridgehead atoms. The first-order valence-corrected chi connectivity index (χ1v) is 8.80. The highest BCUT2D eigenvalue weighted by molar-refractivity contribution is 6.46. The van der Waals surface area contributed by atoms with Gasteiger partial charge < -0.3 is 0 Å². The van der Waals surface area contributed by atoms with Gasteiger partial charge in [-0.05, 0) is 30.7 Å². The van der Waals surface area contributed by atoms with E-state index in [0.717, 1.165) is 16.8 Å². The second-order valence-electron chi connectivity index (χ2n) is 6.56. The number of carbonyl (C=O) groups is 1. The topological polar surface area (TPSA) is 32.7 Å². The molecule has 1 atom stereocenters. The van der Waals surface area contributed by atoms with Crippen molar-refractivity contribution >= 4 is 17.2 Å². The van der Waals surface area contributed by atoms with Gasteiger partial charge in [0.05, 0.1) is 11.7 Å². The van der Waals surface area contributed by atoms with Crippen LogP contribution in [0.3, 0.4) is 0 Å². The van der Waals surface area contributed by atoms with Crippen molar-refractivity contribution in [2.24, 2.45) is 5.10 Å². The average molecular weight is 340 g/mol. The zero-order chi connectivity index (χ0) is 17.9. The lowest BCUT2D eigenvalue weighted by molar-refractivity contribution is 0.106. The largest absolute Gasteiger partial charge is 0.287 e. The molecule has 1 heterocycles. The number of hydrazone groups is 1. The summed E-state index contributed by atoms with van der Waals surface area (Å²) in [5.74, 6) is 0.00747. The van der Waals surface area contributed by atoms with Gasteiger partial charge in [0.1, 0.15) is 5.71 Å². The number of para-hydroxylation sites is 1. The van der Waals surface area contributed by atoms with Crippen LogP contribution in [0.5, 0.6) is 0 Å². The summed E-state index contributed by atoms with van der Waals surface area (Å²) in [5.41, 5.74) is 4.54. The van der Waals surface area contributed by atoms with Gasteiger partial charge in [-0.25, -0.2) is 0 Å². The monoisotopic (exact) mass is 340 g/mol. The number of benzene rings is 3. The lowest BCUT2D eigenvalue weighted by atomic mass is 9.97. The first kappa shape index (κ1) is 16.3. The van der Waals surface area contributed by atoms with Crippen LogP contribution in [0.25, 0.3) is 0 Å². The highest BCUT2D eigenvalue weighted by Crippen LogP contribution is 2.35. The molecule has 26 heavy (non-hydrogen) atoms. The highest BCUT2D eigenvalue weighted by atomic mass is 16.1. The molecule has 4 rings (SSSR count). The number of hydrogen-bond donors (Lipinski definition) is 0. The summed E-state index contributed by atoms with van der Waals surface area (Å²) in [4.78, 5) is 13.0. The number of aryl methyl sites for hydroxylation is 1. The molecule has 0 radical (unpaired) electrons. The van der Waals surface area contributed by atoms with E-state index in [2.05, 4.69) is 12.1 Å². The number of Topliss-reactive ketones (excluding diaryl/α,β-unsaturated/α-hetero) is 1. The van der Waals surface area contributed by atoms with E-state index in [1.165, 1.54) is 0 Å². The van der Waals surface area contributed by atoms with E-state index in [1.807, 2.05) is 84.7 Å². The maximum atomic E-state index is 13.0. The van der Waals surface area contributed by atoms with Crippen LogP contribution in [-0.2, 0) is 0 Å². The zero-order valence-electron chi connectivity index (χ0n) is 14.7. The van der Waals surface area contributed by atoms with Crippen molar-refractivity contribution in [1.82, 2.24) is 0 Å². The first-order chi connectivity index (χ1) is 12.7. The molecular formula is C23H20N2O. The number of rotatable bonds is 4. The summed E-state index contributed by atoms with van der Waals surface area (Å²) in [6.45, 7) is 2.00. The fourth-order valence-electron chi connectivity index (χ4n) is 3.35. The van der Waals surface area contributed by atoms with Gasteiger partial charge in [-0.15, -0.1) is 0 Å². The fraction of sp³-hybridized carbons (Fsp3) is 0.130. The maximum absolute atomic E-state index is 13.0. The van der Waals surface area contributed by atoms with Crippen LogP contribution in [0.4, 0.5) is 5.69 Å². The number of anilines is 1. The lowest BCUT2D eigenvalue weighted by Gasteiger charge is -2.23. The summed E-state index contributed by atoms with van der Waals surface area (Å²) < 4.78 is 0. The van der Waals surface area contributed by atoms with Crippen molar-refractivity contribution in [1.29, 1.82) is 0 Å². The van der Waals surface area contributed by atoms with Crippen LogP contribution in [0.1, 0.15) is 33.9 Å². The molecule has 0 N–H and O–H groups in total. The number of ketones is 1. The zero-order valence-corrected chi connectivity index (χ0v) is 14.7. The highest BCUT2D eigenvalue weighted by Gasteiger charge is 2.32. The van der Waals surface area contributed by atoms with Crippen LogP contribution in [0.15, 0.2) is 90.0 Å². The summed E-state index contributed by atoms with van der Waals surface area (Å²) >= 11 is 0. The minimum Gasteiger partial charge on any atom is -0.287 e. The summed E-state index contributed by atoms with van der Waals surface area (Å²) in [6.07, 6.45) is 0.603. The van der Waals surface area contributed by atoms with Crippen LogP contribution < -0.4 is 5.01 Å². The third-order valence-electron chi connectivity index (χ3n) is 4.66. The molecule has 3 nitrogen and oxygen atoms in total. The molecule has 0 fully saturated rings. The van der Waals surface area contributed by atoms with Crippen LogP contribution in [0, 0.1) is 6.92 Å². The van der Waals surface area contributed by atoms with Gasteiger partial charge in [-0.2, -0.15) is 5.10 Å². The Balaban J connectivity index is 1.71. The molecular weight excluding hydrogens is 320 g/mol. The summed E-state index contributed by atoms with van der Waals surface area (Å²) in [6, 6.07) is 28.0. The van der Waals surface area contributed by atoms with Gasteiger partial charge in [0.25, 0.3) is 0 Å². The minimum absolute atomic E-state index is 0.00747. The van der Waals surface area contributed by atoms with E-state index in [1.54, 1.807) is 0 Å². The van der Waals surface area contributed by atoms with E-state index >= 15 is 0 Å². The predicted molar refractivity (Wildman–Crippen MR) is 106 cm³/mol. The molecule has 0 saturated heterocycles. The molecule has 0 saturated carbocycles. The molecule has 0 spiro atoms. The van der Waals surface area contributed by atoms with Crippen molar-refractivity contribution in [2.75, 3.05) is 5.01 Å². The van der Waals surface area contributed by atoms with Gasteiger partial charge in [0.2, 0.25) is 5.78 Å². The number of hydrogen-bond acceptors (Lipinski definition) is 3. The standard InChI is InChI=1S/C23H20N2O/c1-17-9-8-12-19(15-17)23(26)21-16-22(18-10-4-2-5-11-18)25(24-21)20-13-6-3-7-14-20/h2-15,22H,16H2,1H3. The second-order valence-corrected chi connectivity index (χ2v) is 6.56. The predicted octanol–water partition coefficient (Wildman–Crippen LogP) is 5.19. The van der Waals surface area contributed by atoms with Crippen LogP contribution in [0.2, 0.25) is 0 Å². The van der Waals surface area contributed by atoms with Gasteiger partial charge in [0, 0.05) is 12.0 Å². The van der Waals surface area contributed by atoms with Crippen molar-refractivity contribution in [3.8, 4) is 0 Å². The number of carbonyl (C=O) groups excluding carboxylic acids is 1. The number of nitrogens with zero attached hydrogens (tertiary/aromatic N) is 2. The van der Waals surface area contributed by atoms with E-state index in [0.29, 0.717) is 17.7 Å². The van der Waals surface area contributed by atoms with Gasteiger partial charge in [-0.1, -0.05) is 72.3 Å². The fourth-order valence-corrected chi connectivity index (χ4v) is 3.35. The van der Waals surface area contributed by atoms with Gasteiger partial charge in [0.15, 0.2) is 0 Å². The average Bonchev–Trinajstić information content (AvgIpc) is 3.14. The Labute approximate surface area is 153 Å². The third kappa shape index (κ3) is 3.16. The van der Waals surface area contributed by atoms with E-state index in [4.69, 9.17) is 5.10 Å². The van der Waals surface area contributed by atoms with Gasteiger partial charge in [-0.3, -0.25) is 9.80 Å². The quantitative estimate of drug-likeness (QED) is 0.613. The normalized spacial score (nSPS) is 16.4. The smallest absolute Gasteiger partial charge is 0.209 e. The van der Waals surface area contributed by atoms with E-state index in [-0.39, 0.29) is 11.8 Å². The minimum atomic E-state index is 0.00747. The molecule has 1 unspecified atom stereocenters. The Morgan fingerprint density at radius 1 is 0.923 bits per heavy atom. The molecule has 128 valence electrons. The van der Waals surface area contributed by atoms with Crippen molar-refractivity contribution in [2.45, 2.75) is 19.4 Å². The van der Waals surface area contributed by atoms with Gasteiger partial charge >= 0.3 is 0 Å². The van der Waals surface area contributed by atoms with E-state index in [9.17, 15) is 4.79 Å².